The van der Waals surface area contributed by atoms with Gasteiger partial charge >= 0.3 is 0 Å². The van der Waals surface area contributed by atoms with Gasteiger partial charge in [-0.2, -0.15) is 0 Å². The van der Waals surface area contributed by atoms with Crippen LogP contribution in [0.4, 0.5) is 0 Å². The molecule has 0 aromatic carbocycles. The van der Waals surface area contributed by atoms with Crippen molar-refractivity contribution in [3.63, 3.8) is 0 Å². The molecule has 0 spiro atoms. The third kappa shape index (κ3) is 4.55. The van der Waals surface area contributed by atoms with Crippen molar-refractivity contribution in [2.24, 2.45) is 5.92 Å². The Morgan fingerprint density at radius 2 is 2.27 bits per heavy atom. The van der Waals surface area contributed by atoms with Crippen LogP contribution >= 0.6 is 0 Å². The molecular weight excluding hydrogens is 182 g/mol. The lowest BCUT2D eigenvalue weighted by Gasteiger charge is -2.16. The van der Waals surface area contributed by atoms with Crippen LogP contribution in [0, 0.1) is 5.92 Å². The van der Waals surface area contributed by atoms with E-state index in [1.54, 1.807) is 0 Å². The first-order valence-corrected chi connectivity index (χ1v) is 6.34. The zero-order chi connectivity index (χ0) is 11.1. The summed E-state index contributed by atoms with van der Waals surface area (Å²) in [6.45, 7) is 7.96. The molecule has 15 heavy (non-hydrogen) atoms. The zero-order valence-electron chi connectivity index (χ0n) is 10.5. The Bertz CT molecular complexity index is 238. The van der Waals surface area contributed by atoms with Crippen molar-refractivity contribution in [3.05, 3.63) is 23.4 Å². The van der Waals surface area contributed by atoms with Gasteiger partial charge < -0.3 is 5.32 Å². The quantitative estimate of drug-likeness (QED) is 0.648. The molecule has 0 amide bonds. The number of hydrogen-bond donors (Lipinski definition) is 1. The first-order valence-electron chi connectivity index (χ1n) is 6.34. The molecule has 1 aliphatic carbocycles. The largest absolute Gasteiger partial charge is 0.388 e. The van der Waals surface area contributed by atoms with Crippen molar-refractivity contribution in [1.29, 1.82) is 0 Å². The Hall–Kier alpha value is -0.720. The van der Waals surface area contributed by atoms with Crippen LogP contribution in [0.2, 0.25) is 0 Å². The first-order chi connectivity index (χ1) is 7.24. The molecule has 0 bridgehead atoms. The van der Waals surface area contributed by atoms with E-state index in [2.05, 4.69) is 38.2 Å². The highest BCUT2D eigenvalue weighted by Crippen LogP contribution is 2.16. The van der Waals surface area contributed by atoms with Gasteiger partial charge in [-0.3, -0.25) is 0 Å². The highest BCUT2D eigenvalue weighted by atomic mass is 14.9. The number of allylic oxidation sites excluding steroid dienone is 4. The van der Waals surface area contributed by atoms with E-state index in [1.807, 2.05) is 0 Å². The van der Waals surface area contributed by atoms with Crippen LogP contribution in [0.15, 0.2) is 23.4 Å². The zero-order valence-corrected chi connectivity index (χ0v) is 10.5. The van der Waals surface area contributed by atoms with Gasteiger partial charge in [-0.15, -0.1) is 0 Å². The summed E-state index contributed by atoms with van der Waals surface area (Å²) >= 11 is 0. The summed E-state index contributed by atoms with van der Waals surface area (Å²) in [6.07, 6.45) is 10.9. The Morgan fingerprint density at radius 3 is 2.93 bits per heavy atom. The van der Waals surface area contributed by atoms with E-state index >= 15 is 0 Å². The van der Waals surface area contributed by atoms with Crippen molar-refractivity contribution >= 4 is 0 Å². The molecular formula is C14H25N. The summed E-state index contributed by atoms with van der Waals surface area (Å²) in [5, 5.41) is 3.58. The van der Waals surface area contributed by atoms with Crippen LogP contribution < -0.4 is 5.32 Å². The van der Waals surface area contributed by atoms with Crippen molar-refractivity contribution in [2.45, 2.75) is 52.9 Å². The third-order valence-electron chi connectivity index (χ3n) is 3.31. The average Bonchev–Trinajstić information content (AvgIpc) is 2.26. The molecule has 1 unspecified atom stereocenters. The molecule has 1 atom stereocenters. The molecule has 0 aromatic rings. The second-order valence-electron chi connectivity index (χ2n) is 4.69. The van der Waals surface area contributed by atoms with Crippen LogP contribution in [0.1, 0.15) is 52.9 Å². The van der Waals surface area contributed by atoms with Gasteiger partial charge in [0.15, 0.2) is 0 Å². The fourth-order valence-electron chi connectivity index (χ4n) is 1.91. The van der Waals surface area contributed by atoms with E-state index in [4.69, 9.17) is 0 Å². The van der Waals surface area contributed by atoms with Gasteiger partial charge in [0.25, 0.3) is 0 Å². The Labute approximate surface area is 94.6 Å². The maximum Gasteiger partial charge on any atom is 0.0144 e. The lowest BCUT2D eigenvalue weighted by Crippen LogP contribution is -2.17. The molecule has 1 aliphatic rings. The highest BCUT2D eigenvalue weighted by Gasteiger charge is 2.04. The molecule has 0 saturated heterocycles. The molecule has 1 N–H and O–H groups in total. The van der Waals surface area contributed by atoms with Crippen LogP contribution in [0.5, 0.6) is 0 Å². The van der Waals surface area contributed by atoms with Gasteiger partial charge in [0.2, 0.25) is 0 Å². The highest BCUT2D eigenvalue weighted by molar-refractivity contribution is 5.26. The minimum Gasteiger partial charge on any atom is -0.388 e. The van der Waals surface area contributed by atoms with Gasteiger partial charge in [-0.05, 0) is 44.1 Å². The average molecular weight is 207 g/mol. The predicted octanol–water partition coefficient (Wildman–Crippen LogP) is 4.03. The van der Waals surface area contributed by atoms with E-state index in [-0.39, 0.29) is 0 Å². The Balaban J connectivity index is 2.17. The summed E-state index contributed by atoms with van der Waals surface area (Å²) in [6, 6.07) is 0. The third-order valence-corrected chi connectivity index (χ3v) is 3.31. The fourth-order valence-corrected chi connectivity index (χ4v) is 1.91. The molecule has 1 heteroatoms. The molecule has 0 aliphatic heterocycles. The SMILES string of the molecule is CCC(C)CCCNC1=C(C)C=CCC1. The van der Waals surface area contributed by atoms with Crippen LogP contribution in [0.3, 0.4) is 0 Å². The maximum atomic E-state index is 3.58. The molecule has 0 radical (unpaired) electrons. The van der Waals surface area contributed by atoms with Crippen molar-refractivity contribution < 1.29 is 0 Å². The van der Waals surface area contributed by atoms with Gasteiger partial charge in [0.05, 0.1) is 0 Å². The monoisotopic (exact) mass is 207 g/mol. The smallest absolute Gasteiger partial charge is 0.0144 e. The van der Waals surface area contributed by atoms with Crippen LogP contribution in [-0.2, 0) is 0 Å². The normalized spacial score (nSPS) is 18.1. The molecule has 0 fully saturated rings. The lowest BCUT2D eigenvalue weighted by molar-refractivity contribution is 0.487. The van der Waals surface area contributed by atoms with Crippen LogP contribution in [0.25, 0.3) is 0 Å². The fraction of sp³-hybridized carbons (Fsp3) is 0.714. The lowest BCUT2D eigenvalue weighted by atomic mass is 10.0. The summed E-state index contributed by atoms with van der Waals surface area (Å²) in [7, 11) is 0. The van der Waals surface area contributed by atoms with Crippen molar-refractivity contribution in [1.82, 2.24) is 5.32 Å². The first kappa shape index (κ1) is 12.4. The van der Waals surface area contributed by atoms with Gasteiger partial charge in [0, 0.05) is 12.2 Å². The molecule has 0 heterocycles. The predicted molar refractivity (Wildman–Crippen MR) is 67.8 cm³/mol. The maximum absolute atomic E-state index is 3.58. The van der Waals surface area contributed by atoms with E-state index < -0.39 is 0 Å². The second kappa shape index (κ2) is 6.71. The molecule has 1 rings (SSSR count). The molecule has 0 saturated carbocycles. The summed E-state index contributed by atoms with van der Waals surface area (Å²) in [4.78, 5) is 0. The minimum atomic E-state index is 0.883. The second-order valence-corrected chi connectivity index (χ2v) is 4.69. The summed E-state index contributed by atoms with van der Waals surface area (Å²) in [5.74, 6) is 0.883. The minimum absolute atomic E-state index is 0.883. The molecule has 86 valence electrons. The van der Waals surface area contributed by atoms with Gasteiger partial charge in [-0.25, -0.2) is 0 Å². The van der Waals surface area contributed by atoms with E-state index in [1.165, 1.54) is 43.4 Å². The number of nitrogens with one attached hydrogen (secondary N) is 1. The topological polar surface area (TPSA) is 12.0 Å². The standard InChI is InChI=1S/C14H25N/c1-4-12(2)8-7-11-15-14-10-6-5-9-13(14)3/h5,9,12,15H,4,6-8,10-11H2,1-3H3. The molecule has 1 nitrogen and oxygen atoms in total. The van der Waals surface area contributed by atoms with E-state index in [0.717, 1.165) is 12.5 Å². The van der Waals surface area contributed by atoms with Crippen molar-refractivity contribution in [2.75, 3.05) is 6.54 Å². The van der Waals surface area contributed by atoms with Crippen LogP contribution in [-0.4, -0.2) is 6.54 Å². The Kier molecular flexibility index (Phi) is 5.52. The van der Waals surface area contributed by atoms with E-state index in [9.17, 15) is 0 Å². The van der Waals surface area contributed by atoms with Gasteiger partial charge in [0.1, 0.15) is 0 Å². The van der Waals surface area contributed by atoms with Crippen molar-refractivity contribution in [3.8, 4) is 0 Å². The molecule has 0 aromatic heterocycles. The summed E-state index contributed by atoms with van der Waals surface area (Å²) < 4.78 is 0. The summed E-state index contributed by atoms with van der Waals surface area (Å²) in [5.41, 5.74) is 2.88. The van der Waals surface area contributed by atoms with Gasteiger partial charge in [-0.1, -0.05) is 32.4 Å². The number of hydrogen-bond acceptors (Lipinski definition) is 1. The Morgan fingerprint density at radius 1 is 1.47 bits per heavy atom. The number of rotatable bonds is 6. The van der Waals surface area contributed by atoms with E-state index in [0.29, 0.717) is 0 Å².